The van der Waals surface area contributed by atoms with Crippen LogP contribution < -0.4 is 5.56 Å². The molecule has 140 valence electrons. The van der Waals surface area contributed by atoms with E-state index in [0.29, 0.717) is 0 Å². The van der Waals surface area contributed by atoms with Crippen LogP contribution in [0.2, 0.25) is 0 Å². The highest BCUT2D eigenvalue weighted by Gasteiger charge is 2.19. The molecule has 0 atom stereocenters. The van der Waals surface area contributed by atoms with Crippen LogP contribution in [0.1, 0.15) is 45.0 Å². The van der Waals surface area contributed by atoms with Crippen molar-refractivity contribution in [1.29, 1.82) is 0 Å². The van der Waals surface area contributed by atoms with Gasteiger partial charge in [-0.3, -0.25) is 4.79 Å². The molecule has 4 rings (SSSR count). The van der Waals surface area contributed by atoms with Crippen LogP contribution in [0.5, 0.6) is 0 Å². The van der Waals surface area contributed by atoms with E-state index < -0.39 is 0 Å². The number of benzene rings is 1. The Morgan fingerprint density at radius 2 is 1.70 bits per heavy atom. The average molecular weight is 361 g/mol. The number of nitrogens with zero attached hydrogens (tertiary/aromatic N) is 3. The fraction of sp³-hybridized carbons (Fsp3) is 0.304. The molecule has 0 saturated heterocycles. The summed E-state index contributed by atoms with van der Waals surface area (Å²) >= 11 is 0. The highest BCUT2D eigenvalue weighted by molar-refractivity contribution is 5.88. The second kappa shape index (κ2) is 7.78. The first-order chi connectivity index (χ1) is 13.1. The first kappa shape index (κ1) is 18.9. The summed E-state index contributed by atoms with van der Waals surface area (Å²) in [5.74, 6) is 0. The van der Waals surface area contributed by atoms with Gasteiger partial charge in [0.2, 0.25) is 0 Å². The van der Waals surface area contributed by atoms with Crippen molar-refractivity contribution < 1.29 is 0 Å². The number of fused-ring (bicyclic) bond motifs is 1. The molecule has 0 aliphatic heterocycles. The zero-order valence-electron chi connectivity index (χ0n) is 16.8. The normalized spacial score (nSPS) is 13.7. The number of rotatable bonds is 2. The van der Waals surface area contributed by atoms with Crippen LogP contribution in [0.25, 0.3) is 22.2 Å². The van der Waals surface area contributed by atoms with E-state index in [9.17, 15) is 4.79 Å². The second-order valence-corrected chi connectivity index (χ2v) is 6.60. The summed E-state index contributed by atoms with van der Waals surface area (Å²) in [6.45, 7) is 10.1. The van der Waals surface area contributed by atoms with Gasteiger partial charge >= 0.3 is 0 Å². The highest BCUT2D eigenvalue weighted by atomic mass is 16.1. The molecule has 2 aromatic heterocycles. The summed E-state index contributed by atoms with van der Waals surface area (Å²) in [5, 5.41) is 6.13. The standard InChI is InChI=1S/C21H21N3O.C2H6/c1-14-9-7-8-12-19(14)24-21(25)20-16(3)23(15(2)18(20)13-22-24)17-10-5-4-6-11-17;1-2/h4-6,8,10-13H,7,9H2,1-3H3;1-2H3. The third kappa shape index (κ3) is 3.16. The minimum Gasteiger partial charge on any atom is -0.317 e. The van der Waals surface area contributed by atoms with Crippen molar-refractivity contribution in [2.24, 2.45) is 0 Å². The van der Waals surface area contributed by atoms with Gasteiger partial charge in [0.1, 0.15) is 0 Å². The van der Waals surface area contributed by atoms with Gasteiger partial charge in [0, 0.05) is 22.5 Å². The van der Waals surface area contributed by atoms with Crippen molar-refractivity contribution in [3.63, 3.8) is 0 Å². The molecule has 2 heterocycles. The molecule has 0 unspecified atom stereocenters. The Kier molecular flexibility index (Phi) is 5.45. The van der Waals surface area contributed by atoms with Gasteiger partial charge in [-0.25, -0.2) is 0 Å². The third-order valence-corrected chi connectivity index (χ3v) is 5.04. The van der Waals surface area contributed by atoms with Gasteiger partial charge in [-0.2, -0.15) is 9.78 Å². The Morgan fingerprint density at radius 1 is 1.00 bits per heavy atom. The predicted molar refractivity (Wildman–Crippen MR) is 113 cm³/mol. The molecular formula is C23H27N3O. The Labute approximate surface area is 160 Å². The van der Waals surface area contributed by atoms with Gasteiger partial charge in [-0.05, 0) is 57.4 Å². The van der Waals surface area contributed by atoms with Crippen LogP contribution in [0.3, 0.4) is 0 Å². The molecule has 3 aromatic rings. The van der Waals surface area contributed by atoms with Gasteiger partial charge in [0.15, 0.2) is 0 Å². The number of hydrogen-bond acceptors (Lipinski definition) is 2. The van der Waals surface area contributed by atoms with Gasteiger partial charge in [-0.15, -0.1) is 0 Å². The van der Waals surface area contributed by atoms with E-state index in [0.717, 1.165) is 46.4 Å². The quantitative estimate of drug-likeness (QED) is 0.612. The molecule has 27 heavy (non-hydrogen) atoms. The molecule has 0 amide bonds. The molecule has 1 aromatic carbocycles. The fourth-order valence-corrected chi connectivity index (χ4v) is 3.71. The number of allylic oxidation sites excluding steroid dienone is 4. The van der Waals surface area contributed by atoms with Crippen molar-refractivity contribution in [2.45, 2.75) is 47.5 Å². The van der Waals surface area contributed by atoms with Crippen LogP contribution in [-0.2, 0) is 0 Å². The van der Waals surface area contributed by atoms with E-state index in [1.165, 1.54) is 5.57 Å². The van der Waals surface area contributed by atoms with E-state index in [2.05, 4.69) is 34.8 Å². The molecular weight excluding hydrogens is 334 g/mol. The molecule has 0 saturated carbocycles. The number of hydrogen-bond donors (Lipinski definition) is 0. The summed E-state index contributed by atoms with van der Waals surface area (Å²) in [6.07, 6.45) is 7.93. The first-order valence-corrected chi connectivity index (χ1v) is 9.61. The molecule has 0 radical (unpaired) electrons. The van der Waals surface area contributed by atoms with Crippen LogP contribution in [0.15, 0.2) is 59.0 Å². The third-order valence-electron chi connectivity index (χ3n) is 5.04. The zero-order valence-corrected chi connectivity index (χ0v) is 16.8. The van der Waals surface area contributed by atoms with Gasteiger partial charge in [0.05, 0.1) is 17.3 Å². The number of para-hydroxylation sites is 1. The largest absolute Gasteiger partial charge is 0.317 e. The van der Waals surface area contributed by atoms with Crippen LogP contribution in [0.4, 0.5) is 0 Å². The Balaban J connectivity index is 0.00000102. The van der Waals surface area contributed by atoms with E-state index >= 15 is 0 Å². The van der Waals surface area contributed by atoms with Crippen molar-refractivity contribution in [1.82, 2.24) is 14.3 Å². The Hall–Kier alpha value is -2.88. The maximum Gasteiger partial charge on any atom is 0.281 e. The van der Waals surface area contributed by atoms with Crippen molar-refractivity contribution in [3.05, 3.63) is 76.0 Å². The number of aryl methyl sites for hydroxylation is 2. The van der Waals surface area contributed by atoms with Crippen LogP contribution in [0, 0.1) is 13.8 Å². The monoisotopic (exact) mass is 361 g/mol. The fourth-order valence-electron chi connectivity index (χ4n) is 3.71. The summed E-state index contributed by atoms with van der Waals surface area (Å²) in [4.78, 5) is 13.2. The molecule has 0 bridgehead atoms. The molecule has 4 heteroatoms. The lowest BCUT2D eigenvalue weighted by Crippen LogP contribution is -2.23. The number of aromatic nitrogens is 3. The predicted octanol–water partition coefficient (Wildman–Crippen LogP) is 5.41. The topological polar surface area (TPSA) is 39.8 Å². The highest BCUT2D eigenvalue weighted by Crippen LogP contribution is 2.27. The first-order valence-electron chi connectivity index (χ1n) is 9.61. The van der Waals surface area contributed by atoms with E-state index in [4.69, 9.17) is 0 Å². The van der Waals surface area contributed by atoms with Crippen molar-refractivity contribution in [2.75, 3.05) is 0 Å². The summed E-state index contributed by atoms with van der Waals surface area (Å²) in [6, 6.07) is 10.1. The Morgan fingerprint density at radius 3 is 2.37 bits per heavy atom. The van der Waals surface area contributed by atoms with Gasteiger partial charge in [-0.1, -0.05) is 38.1 Å². The van der Waals surface area contributed by atoms with Crippen LogP contribution >= 0.6 is 0 Å². The average Bonchev–Trinajstić information content (AvgIpc) is 2.96. The summed E-state index contributed by atoms with van der Waals surface area (Å²) < 4.78 is 3.69. The molecule has 0 fully saturated rings. The smallest absolute Gasteiger partial charge is 0.281 e. The molecule has 0 spiro atoms. The maximum atomic E-state index is 13.2. The van der Waals surface area contributed by atoms with Gasteiger partial charge in [0.25, 0.3) is 5.56 Å². The minimum atomic E-state index is -0.0475. The Bertz CT molecular complexity index is 1080. The van der Waals surface area contributed by atoms with E-state index in [-0.39, 0.29) is 5.56 Å². The molecule has 1 aliphatic rings. The van der Waals surface area contributed by atoms with Crippen LogP contribution in [-0.4, -0.2) is 14.3 Å². The van der Waals surface area contributed by atoms with Gasteiger partial charge < -0.3 is 4.57 Å². The van der Waals surface area contributed by atoms with E-state index in [1.54, 1.807) is 4.68 Å². The van der Waals surface area contributed by atoms with Crippen molar-refractivity contribution in [3.8, 4) is 5.69 Å². The lowest BCUT2D eigenvalue weighted by Gasteiger charge is -2.13. The lowest BCUT2D eigenvalue weighted by molar-refractivity contribution is 0.818. The molecule has 0 N–H and O–H groups in total. The zero-order chi connectivity index (χ0) is 19.6. The molecule has 4 nitrogen and oxygen atoms in total. The lowest BCUT2D eigenvalue weighted by atomic mass is 10.0. The summed E-state index contributed by atoms with van der Waals surface area (Å²) in [7, 11) is 0. The second-order valence-electron chi connectivity index (χ2n) is 6.60. The SMILES string of the molecule is CC.CC1=C(n2ncc3c(C)n(-c4ccccc4)c(C)c3c2=O)C=CCC1. The summed E-state index contributed by atoms with van der Waals surface area (Å²) in [5.41, 5.74) is 5.12. The maximum absolute atomic E-state index is 13.2. The van der Waals surface area contributed by atoms with E-state index in [1.807, 2.05) is 58.2 Å². The van der Waals surface area contributed by atoms with Crippen molar-refractivity contribution >= 4 is 16.5 Å². The molecule has 1 aliphatic carbocycles. The minimum absolute atomic E-state index is 0.0475.